The van der Waals surface area contributed by atoms with Crippen LogP contribution < -0.4 is 5.32 Å². The molecular formula is C16H24N2O. The Hall–Kier alpha value is -1.06. The minimum atomic E-state index is 0.408. The van der Waals surface area contributed by atoms with Crippen molar-refractivity contribution >= 4 is 0 Å². The second-order valence-corrected chi connectivity index (χ2v) is 5.83. The Labute approximate surface area is 115 Å². The maximum absolute atomic E-state index is 10.2. The number of nitrogens with zero attached hydrogens (tertiary/aromatic N) is 1. The van der Waals surface area contributed by atoms with Crippen LogP contribution in [0.2, 0.25) is 0 Å². The lowest BCUT2D eigenvalue weighted by atomic mass is 9.89. The van der Waals surface area contributed by atoms with Gasteiger partial charge < -0.3 is 10.4 Å². The lowest BCUT2D eigenvalue weighted by Gasteiger charge is -2.38. The molecule has 2 aliphatic rings. The number of hydrogen-bond donors (Lipinski definition) is 2. The summed E-state index contributed by atoms with van der Waals surface area (Å²) in [7, 11) is 0. The Bertz CT molecular complexity index is 409. The summed E-state index contributed by atoms with van der Waals surface area (Å²) < 4.78 is 0. The van der Waals surface area contributed by atoms with Gasteiger partial charge in [0.2, 0.25) is 0 Å². The molecule has 3 nitrogen and oxygen atoms in total. The van der Waals surface area contributed by atoms with Crippen molar-refractivity contribution in [2.75, 3.05) is 26.2 Å². The lowest BCUT2D eigenvalue weighted by molar-refractivity contribution is 0.123. The molecule has 3 rings (SSSR count). The zero-order valence-corrected chi connectivity index (χ0v) is 11.5. The van der Waals surface area contributed by atoms with Crippen molar-refractivity contribution in [1.29, 1.82) is 0 Å². The summed E-state index contributed by atoms with van der Waals surface area (Å²) in [5.41, 5.74) is 1.14. The van der Waals surface area contributed by atoms with Gasteiger partial charge >= 0.3 is 0 Å². The third-order valence-electron chi connectivity index (χ3n) is 4.65. The molecule has 0 bridgehead atoms. The van der Waals surface area contributed by atoms with Gasteiger partial charge in [0.1, 0.15) is 5.75 Å². The summed E-state index contributed by atoms with van der Waals surface area (Å²) in [4.78, 5) is 2.57. The second kappa shape index (κ2) is 5.93. The van der Waals surface area contributed by atoms with E-state index in [-0.39, 0.29) is 0 Å². The third-order valence-corrected chi connectivity index (χ3v) is 4.65. The Morgan fingerprint density at radius 3 is 2.47 bits per heavy atom. The molecule has 2 fully saturated rings. The predicted molar refractivity (Wildman–Crippen MR) is 77.2 cm³/mol. The SMILES string of the molecule is Oc1ccccc1[C@H](C1CCCC1)N1CCNCC1. The first-order valence-corrected chi connectivity index (χ1v) is 7.59. The van der Waals surface area contributed by atoms with Crippen molar-refractivity contribution in [3.05, 3.63) is 29.8 Å². The molecule has 1 aromatic carbocycles. The summed E-state index contributed by atoms with van der Waals surface area (Å²) in [6, 6.07) is 8.33. The molecule has 0 amide bonds. The predicted octanol–water partition coefficient (Wildman–Crippen LogP) is 2.53. The topological polar surface area (TPSA) is 35.5 Å². The molecule has 19 heavy (non-hydrogen) atoms. The first-order chi connectivity index (χ1) is 9.36. The van der Waals surface area contributed by atoms with E-state index in [1.54, 1.807) is 0 Å². The van der Waals surface area contributed by atoms with Gasteiger partial charge in [0, 0.05) is 37.8 Å². The van der Waals surface area contributed by atoms with Crippen molar-refractivity contribution in [2.24, 2.45) is 5.92 Å². The minimum Gasteiger partial charge on any atom is -0.508 e. The molecule has 3 heteroatoms. The minimum absolute atomic E-state index is 0.408. The number of rotatable bonds is 3. The van der Waals surface area contributed by atoms with Gasteiger partial charge in [-0.15, -0.1) is 0 Å². The molecule has 0 radical (unpaired) electrons. The Kier molecular flexibility index (Phi) is 4.04. The summed E-state index contributed by atoms with van der Waals surface area (Å²) in [6.45, 7) is 4.32. The fourth-order valence-electron chi connectivity index (χ4n) is 3.72. The highest BCUT2D eigenvalue weighted by Crippen LogP contribution is 2.42. The Morgan fingerprint density at radius 1 is 1.11 bits per heavy atom. The van der Waals surface area contributed by atoms with Crippen molar-refractivity contribution in [1.82, 2.24) is 10.2 Å². The average Bonchev–Trinajstić information content (AvgIpc) is 2.96. The van der Waals surface area contributed by atoms with Gasteiger partial charge in [-0.05, 0) is 24.8 Å². The first kappa shape index (κ1) is 12.9. The van der Waals surface area contributed by atoms with Crippen LogP contribution in [0.4, 0.5) is 0 Å². The van der Waals surface area contributed by atoms with E-state index >= 15 is 0 Å². The molecule has 1 atom stereocenters. The Morgan fingerprint density at radius 2 is 1.79 bits per heavy atom. The van der Waals surface area contributed by atoms with Gasteiger partial charge in [-0.3, -0.25) is 4.90 Å². The largest absolute Gasteiger partial charge is 0.508 e. The van der Waals surface area contributed by atoms with Crippen LogP contribution >= 0.6 is 0 Å². The quantitative estimate of drug-likeness (QED) is 0.876. The number of nitrogens with one attached hydrogen (secondary N) is 1. The first-order valence-electron chi connectivity index (χ1n) is 7.59. The molecular weight excluding hydrogens is 236 g/mol. The van der Waals surface area contributed by atoms with Gasteiger partial charge in [0.25, 0.3) is 0 Å². The van der Waals surface area contributed by atoms with Crippen molar-refractivity contribution in [3.63, 3.8) is 0 Å². The summed E-state index contributed by atoms with van der Waals surface area (Å²) in [5, 5.41) is 13.7. The number of piperazine rings is 1. The summed E-state index contributed by atoms with van der Waals surface area (Å²) >= 11 is 0. The number of phenols is 1. The van der Waals surface area contributed by atoms with E-state index in [2.05, 4.69) is 22.3 Å². The average molecular weight is 260 g/mol. The third kappa shape index (κ3) is 2.77. The Balaban J connectivity index is 1.88. The molecule has 1 heterocycles. The summed E-state index contributed by atoms with van der Waals surface area (Å²) in [6.07, 6.45) is 5.31. The smallest absolute Gasteiger partial charge is 0.120 e. The van der Waals surface area contributed by atoms with E-state index in [1.165, 1.54) is 25.7 Å². The van der Waals surface area contributed by atoms with Crippen molar-refractivity contribution in [2.45, 2.75) is 31.7 Å². The monoisotopic (exact) mass is 260 g/mol. The van der Waals surface area contributed by atoms with Crippen LogP contribution in [0.3, 0.4) is 0 Å². The number of phenolic OH excluding ortho intramolecular Hbond substituents is 1. The van der Waals surface area contributed by atoms with Crippen LogP contribution in [0.1, 0.15) is 37.3 Å². The zero-order chi connectivity index (χ0) is 13.1. The van der Waals surface area contributed by atoms with Crippen LogP contribution in [-0.4, -0.2) is 36.2 Å². The van der Waals surface area contributed by atoms with Gasteiger partial charge in [0.15, 0.2) is 0 Å². The molecule has 0 aromatic heterocycles. The zero-order valence-electron chi connectivity index (χ0n) is 11.5. The van der Waals surface area contributed by atoms with E-state index in [4.69, 9.17) is 0 Å². The lowest BCUT2D eigenvalue weighted by Crippen LogP contribution is -2.46. The van der Waals surface area contributed by atoms with Gasteiger partial charge in [-0.2, -0.15) is 0 Å². The van der Waals surface area contributed by atoms with E-state index < -0.39 is 0 Å². The number of benzene rings is 1. The molecule has 1 saturated carbocycles. The molecule has 2 N–H and O–H groups in total. The maximum Gasteiger partial charge on any atom is 0.120 e. The number of para-hydroxylation sites is 1. The van der Waals surface area contributed by atoms with E-state index in [0.717, 1.165) is 31.7 Å². The van der Waals surface area contributed by atoms with Crippen LogP contribution in [0.5, 0.6) is 5.75 Å². The van der Waals surface area contributed by atoms with E-state index in [1.807, 2.05) is 12.1 Å². The van der Waals surface area contributed by atoms with Crippen molar-refractivity contribution in [3.8, 4) is 5.75 Å². The molecule has 0 spiro atoms. The van der Waals surface area contributed by atoms with Crippen LogP contribution in [0, 0.1) is 5.92 Å². The van der Waals surface area contributed by atoms with Crippen LogP contribution in [-0.2, 0) is 0 Å². The maximum atomic E-state index is 10.2. The number of aromatic hydroxyl groups is 1. The molecule has 0 unspecified atom stereocenters. The molecule has 1 aliphatic carbocycles. The van der Waals surface area contributed by atoms with E-state index in [0.29, 0.717) is 17.7 Å². The fourth-order valence-corrected chi connectivity index (χ4v) is 3.72. The molecule has 104 valence electrons. The van der Waals surface area contributed by atoms with Gasteiger partial charge in [-0.1, -0.05) is 31.0 Å². The van der Waals surface area contributed by atoms with Gasteiger partial charge in [-0.25, -0.2) is 0 Å². The highest BCUT2D eigenvalue weighted by atomic mass is 16.3. The standard InChI is InChI=1S/C16H24N2O/c19-15-8-4-3-7-14(15)16(13-5-1-2-6-13)18-11-9-17-10-12-18/h3-4,7-8,13,16-17,19H,1-2,5-6,9-12H2/t16-/m0/s1. The van der Waals surface area contributed by atoms with Crippen LogP contribution in [0.25, 0.3) is 0 Å². The molecule has 1 aromatic rings. The molecule has 1 saturated heterocycles. The van der Waals surface area contributed by atoms with Gasteiger partial charge in [0.05, 0.1) is 0 Å². The fraction of sp³-hybridized carbons (Fsp3) is 0.625. The van der Waals surface area contributed by atoms with Crippen molar-refractivity contribution < 1.29 is 5.11 Å². The van der Waals surface area contributed by atoms with Crippen LogP contribution in [0.15, 0.2) is 24.3 Å². The normalized spacial score (nSPS) is 23.6. The second-order valence-electron chi connectivity index (χ2n) is 5.83. The van der Waals surface area contributed by atoms with E-state index in [9.17, 15) is 5.11 Å². The molecule has 1 aliphatic heterocycles. The highest BCUT2D eigenvalue weighted by Gasteiger charge is 2.33. The highest BCUT2D eigenvalue weighted by molar-refractivity contribution is 5.35. The summed E-state index contributed by atoms with van der Waals surface area (Å²) in [5.74, 6) is 1.18. The number of hydrogen-bond acceptors (Lipinski definition) is 3.